The molecule has 0 spiro atoms. The van der Waals surface area contributed by atoms with E-state index < -0.39 is 0 Å². The van der Waals surface area contributed by atoms with Gasteiger partial charge in [-0.25, -0.2) is 0 Å². The topological polar surface area (TPSA) is 6.48 Å². The minimum atomic E-state index is -0.257. The summed E-state index contributed by atoms with van der Waals surface area (Å²) in [6.45, 7) is 38.9. The van der Waals surface area contributed by atoms with Crippen molar-refractivity contribution in [3.05, 3.63) is 208 Å². The predicted octanol–water partition coefficient (Wildman–Crippen LogP) is 18.7. The fourth-order valence-electron chi connectivity index (χ4n) is 14.1. The van der Waals surface area contributed by atoms with E-state index in [1.165, 1.54) is 130 Å². The molecule has 0 fully saturated rings. The average Bonchev–Trinajstić information content (AvgIpc) is 3.44. The van der Waals surface area contributed by atoms with Crippen LogP contribution in [0.2, 0.25) is 0 Å². The highest BCUT2D eigenvalue weighted by Crippen LogP contribution is 2.54. The first kappa shape index (κ1) is 52.1. The molecule has 2 aliphatic heterocycles. The quantitative estimate of drug-likeness (QED) is 0.153. The summed E-state index contributed by atoms with van der Waals surface area (Å²) in [6, 6.07) is 64.4. The SMILES string of the molecule is CC(C)(C)c1ccc(N2c3ccc(C(C)(C)c4ccccc4)cc3B3c4cc5c(cc4N(c4ccc6c(c4)C(C)(C)CCC6(C)C)c4cc(C(C)(C)C)cc2c43)C(C)(C)CCC5(C)C)c(-c2cccc(-c3ccccc3)c2)c1. The first-order valence-electron chi connectivity index (χ1n) is 29.3. The van der Waals surface area contributed by atoms with Gasteiger partial charge >= 0.3 is 0 Å². The van der Waals surface area contributed by atoms with Crippen LogP contribution in [-0.4, -0.2) is 6.71 Å². The second-order valence-corrected chi connectivity index (χ2v) is 29.2. The van der Waals surface area contributed by atoms with Crippen LogP contribution in [0.3, 0.4) is 0 Å². The molecule has 0 saturated carbocycles. The molecule has 8 aromatic carbocycles. The second kappa shape index (κ2) is 17.7. The molecule has 2 aliphatic carbocycles. The molecule has 8 aromatic rings. The van der Waals surface area contributed by atoms with Gasteiger partial charge in [-0.05, 0) is 190 Å². The number of hydrogen-bond donors (Lipinski definition) is 0. The van der Waals surface area contributed by atoms with Gasteiger partial charge in [0.2, 0.25) is 0 Å². The Kier molecular flexibility index (Phi) is 11.8. The number of benzene rings is 8. The maximum Gasteiger partial charge on any atom is 0.252 e. The Labute approximate surface area is 469 Å². The van der Waals surface area contributed by atoms with Crippen LogP contribution in [0.1, 0.15) is 181 Å². The van der Waals surface area contributed by atoms with E-state index in [0.717, 1.165) is 12.8 Å². The zero-order chi connectivity index (χ0) is 55.3. The van der Waals surface area contributed by atoms with Crippen molar-refractivity contribution in [3.8, 4) is 22.3 Å². The van der Waals surface area contributed by atoms with Gasteiger partial charge in [-0.3, -0.25) is 0 Å². The zero-order valence-corrected chi connectivity index (χ0v) is 49.9. The third-order valence-electron chi connectivity index (χ3n) is 19.6. The molecular formula is C75H83BN2. The third kappa shape index (κ3) is 8.42. The molecule has 0 bridgehead atoms. The van der Waals surface area contributed by atoms with Crippen molar-refractivity contribution in [2.75, 3.05) is 9.80 Å². The van der Waals surface area contributed by atoms with E-state index in [1.54, 1.807) is 0 Å². The molecule has 0 radical (unpaired) electrons. The minimum Gasteiger partial charge on any atom is -0.311 e. The number of hydrogen-bond acceptors (Lipinski definition) is 2. The molecule has 78 heavy (non-hydrogen) atoms. The maximum absolute atomic E-state index is 2.74. The van der Waals surface area contributed by atoms with Gasteiger partial charge in [-0.1, -0.05) is 220 Å². The van der Waals surface area contributed by atoms with Gasteiger partial charge in [-0.15, -0.1) is 0 Å². The molecule has 0 N–H and O–H groups in total. The Morgan fingerprint density at radius 1 is 0.346 bits per heavy atom. The Morgan fingerprint density at radius 3 is 1.49 bits per heavy atom. The molecule has 0 amide bonds. The van der Waals surface area contributed by atoms with Crippen LogP contribution in [0, 0.1) is 0 Å². The Morgan fingerprint density at radius 2 is 0.859 bits per heavy atom. The lowest BCUT2D eigenvalue weighted by molar-refractivity contribution is 0.332. The molecule has 2 nitrogen and oxygen atoms in total. The number of rotatable bonds is 6. The van der Waals surface area contributed by atoms with E-state index in [4.69, 9.17) is 0 Å². The third-order valence-corrected chi connectivity index (χ3v) is 19.6. The second-order valence-electron chi connectivity index (χ2n) is 29.2. The number of nitrogens with zero attached hydrogens (tertiary/aromatic N) is 2. The molecule has 3 heteroatoms. The van der Waals surface area contributed by atoms with Crippen molar-refractivity contribution >= 4 is 57.2 Å². The van der Waals surface area contributed by atoms with Crippen LogP contribution < -0.4 is 26.2 Å². The largest absolute Gasteiger partial charge is 0.311 e. The standard InChI is InChI=1S/C75H83BN2/c1-69(2,3)52-30-34-63(56(41-52)50-27-23-26-49(40-50)48-24-19-17-20-25-48)78-64-35-31-53(75(15,16)51-28-21-18-22-29-51)42-61(64)76-62-46-59-60(74(13,14)39-38-73(59,11)12)47-65(62)77(66-43-54(70(4,5)6)44-67(78)68(66)76)55-32-33-57-58(45-55)72(9,10)37-36-71(57,7)8/h17-35,40-47H,36-39H2,1-16H3. The normalized spacial score (nSPS) is 17.6. The Balaban J connectivity index is 1.22. The summed E-state index contributed by atoms with van der Waals surface area (Å²) >= 11 is 0. The summed E-state index contributed by atoms with van der Waals surface area (Å²) in [6.07, 6.45) is 4.67. The molecule has 0 aromatic heterocycles. The van der Waals surface area contributed by atoms with E-state index in [0.29, 0.717) is 0 Å². The van der Waals surface area contributed by atoms with Gasteiger partial charge in [0.05, 0.1) is 5.69 Å². The van der Waals surface area contributed by atoms with Crippen LogP contribution in [0.5, 0.6) is 0 Å². The van der Waals surface area contributed by atoms with E-state index in [-0.39, 0.29) is 44.6 Å². The van der Waals surface area contributed by atoms with Gasteiger partial charge in [-0.2, -0.15) is 0 Å². The Bertz CT molecular complexity index is 3690. The van der Waals surface area contributed by atoms with Crippen molar-refractivity contribution in [2.24, 2.45) is 0 Å². The highest BCUT2D eigenvalue weighted by atomic mass is 15.2. The van der Waals surface area contributed by atoms with Gasteiger partial charge in [0.25, 0.3) is 6.71 Å². The maximum atomic E-state index is 2.74. The molecule has 4 aliphatic rings. The van der Waals surface area contributed by atoms with Gasteiger partial charge in [0.15, 0.2) is 0 Å². The van der Waals surface area contributed by atoms with Gasteiger partial charge in [0, 0.05) is 39.4 Å². The van der Waals surface area contributed by atoms with Crippen LogP contribution in [0.4, 0.5) is 34.1 Å². The van der Waals surface area contributed by atoms with Crippen molar-refractivity contribution < 1.29 is 0 Å². The molecule has 396 valence electrons. The van der Waals surface area contributed by atoms with Crippen molar-refractivity contribution in [3.63, 3.8) is 0 Å². The van der Waals surface area contributed by atoms with Gasteiger partial charge in [0.1, 0.15) is 0 Å². The lowest BCUT2D eigenvalue weighted by Gasteiger charge is -2.48. The molecule has 0 saturated heterocycles. The predicted molar refractivity (Wildman–Crippen MR) is 338 cm³/mol. The van der Waals surface area contributed by atoms with Crippen molar-refractivity contribution in [1.82, 2.24) is 0 Å². The Hall–Kier alpha value is -6.58. The van der Waals surface area contributed by atoms with Crippen LogP contribution in [-0.2, 0) is 37.9 Å². The molecular weight excluding hydrogens is 940 g/mol. The van der Waals surface area contributed by atoms with E-state index >= 15 is 0 Å². The summed E-state index contributed by atoms with van der Waals surface area (Å²) in [5.74, 6) is 0. The first-order chi connectivity index (χ1) is 36.7. The van der Waals surface area contributed by atoms with Crippen molar-refractivity contribution in [1.29, 1.82) is 0 Å². The van der Waals surface area contributed by atoms with Crippen molar-refractivity contribution in [2.45, 2.75) is 174 Å². The fourth-order valence-corrected chi connectivity index (χ4v) is 14.1. The molecule has 0 unspecified atom stereocenters. The van der Waals surface area contributed by atoms with E-state index in [1.807, 2.05) is 0 Å². The summed E-state index contributed by atoms with van der Waals surface area (Å²) in [5.41, 5.74) is 27.6. The summed E-state index contributed by atoms with van der Waals surface area (Å²) in [7, 11) is 0. The summed E-state index contributed by atoms with van der Waals surface area (Å²) in [4.78, 5) is 5.44. The van der Waals surface area contributed by atoms with E-state index in [9.17, 15) is 0 Å². The molecule has 0 atom stereocenters. The highest BCUT2D eigenvalue weighted by molar-refractivity contribution is 7.00. The number of fused-ring (bicyclic) bond motifs is 6. The van der Waals surface area contributed by atoms with Gasteiger partial charge < -0.3 is 9.80 Å². The first-order valence-corrected chi connectivity index (χ1v) is 29.3. The monoisotopic (exact) mass is 1020 g/mol. The number of anilines is 6. The van der Waals surface area contributed by atoms with Crippen LogP contribution in [0.15, 0.2) is 164 Å². The average molecular weight is 1020 g/mol. The highest BCUT2D eigenvalue weighted by Gasteiger charge is 2.48. The lowest BCUT2D eigenvalue weighted by atomic mass is 9.32. The summed E-state index contributed by atoms with van der Waals surface area (Å²) < 4.78 is 0. The molecule has 12 rings (SSSR count). The van der Waals surface area contributed by atoms with E-state index in [2.05, 4.69) is 284 Å². The zero-order valence-electron chi connectivity index (χ0n) is 49.9. The fraction of sp³-hybridized carbons (Fsp3) is 0.360. The van der Waals surface area contributed by atoms with Crippen LogP contribution >= 0.6 is 0 Å². The van der Waals surface area contributed by atoms with Crippen LogP contribution in [0.25, 0.3) is 22.3 Å². The summed E-state index contributed by atoms with van der Waals surface area (Å²) in [5, 5.41) is 0. The lowest BCUT2D eigenvalue weighted by Crippen LogP contribution is -2.62. The smallest absolute Gasteiger partial charge is 0.252 e. The molecule has 2 heterocycles. The minimum absolute atomic E-state index is 0.0179.